The third kappa shape index (κ3) is 3.01. The van der Waals surface area contributed by atoms with E-state index in [1.54, 1.807) is 0 Å². The second-order valence-electron chi connectivity index (χ2n) is 10.1. The maximum atomic E-state index is 3.61. The van der Waals surface area contributed by atoms with Gasteiger partial charge in [0.1, 0.15) is 0 Å². The Morgan fingerprint density at radius 3 is 1.90 bits per heavy atom. The molecule has 0 aliphatic heterocycles. The first kappa shape index (κ1) is 18.9. The molecule has 5 rings (SSSR count). The van der Waals surface area contributed by atoms with Crippen LogP contribution in [0.2, 0.25) is 0 Å². The molecule has 0 atom stereocenters. The molecule has 1 aliphatic carbocycles. The maximum Gasteiger partial charge on any atom is 0.0387 e. The van der Waals surface area contributed by atoms with E-state index in [0.29, 0.717) is 0 Å². The van der Waals surface area contributed by atoms with Gasteiger partial charge in [0.05, 0.1) is 0 Å². The fraction of sp³-hybridized carbons (Fsp3) is 0.241. The van der Waals surface area contributed by atoms with Gasteiger partial charge in [0, 0.05) is 16.8 Å². The van der Waals surface area contributed by atoms with E-state index in [4.69, 9.17) is 0 Å². The van der Waals surface area contributed by atoms with Crippen molar-refractivity contribution in [3.8, 4) is 11.1 Å². The molecule has 1 nitrogen and oxygen atoms in total. The van der Waals surface area contributed by atoms with Crippen molar-refractivity contribution in [2.24, 2.45) is 0 Å². The molecule has 0 unspecified atom stereocenters. The second kappa shape index (κ2) is 6.47. The summed E-state index contributed by atoms with van der Waals surface area (Å²) in [6.07, 6.45) is 0. The van der Waals surface area contributed by atoms with Crippen molar-refractivity contribution >= 4 is 22.1 Å². The van der Waals surface area contributed by atoms with E-state index in [1.807, 2.05) is 0 Å². The summed E-state index contributed by atoms with van der Waals surface area (Å²) in [6.45, 7) is 11.4. The summed E-state index contributed by atoms with van der Waals surface area (Å²) >= 11 is 0. The fourth-order valence-electron chi connectivity index (χ4n) is 4.72. The Labute approximate surface area is 179 Å². The van der Waals surface area contributed by atoms with Crippen molar-refractivity contribution in [3.05, 3.63) is 95.6 Å². The first-order chi connectivity index (χ1) is 14.2. The topological polar surface area (TPSA) is 12.0 Å². The Morgan fingerprint density at radius 1 is 0.633 bits per heavy atom. The monoisotopic (exact) mass is 391 g/mol. The average molecular weight is 392 g/mol. The summed E-state index contributed by atoms with van der Waals surface area (Å²) in [5, 5.41) is 6.23. The van der Waals surface area contributed by atoms with Crippen LogP contribution in [0, 0.1) is 0 Å². The third-order valence-electron chi connectivity index (χ3n) is 6.58. The smallest absolute Gasteiger partial charge is 0.0387 e. The summed E-state index contributed by atoms with van der Waals surface area (Å²) in [5.41, 5.74) is 9.32. The molecule has 1 aliphatic rings. The molecular formula is C29H29N. The van der Waals surface area contributed by atoms with Crippen molar-refractivity contribution in [2.75, 3.05) is 5.32 Å². The molecular weight excluding hydrogens is 362 g/mol. The summed E-state index contributed by atoms with van der Waals surface area (Å²) in [6, 6.07) is 29.0. The van der Waals surface area contributed by atoms with E-state index in [9.17, 15) is 0 Å². The molecule has 150 valence electrons. The van der Waals surface area contributed by atoms with Crippen LogP contribution in [0.15, 0.2) is 78.9 Å². The van der Waals surface area contributed by atoms with Crippen molar-refractivity contribution < 1.29 is 0 Å². The van der Waals surface area contributed by atoms with Gasteiger partial charge in [-0.25, -0.2) is 0 Å². The van der Waals surface area contributed by atoms with Crippen molar-refractivity contribution in [1.82, 2.24) is 0 Å². The number of anilines is 2. The van der Waals surface area contributed by atoms with Crippen LogP contribution >= 0.6 is 0 Å². The van der Waals surface area contributed by atoms with Gasteiger partial charge in [-0.15, -0.1) is 0 Å². The molecule has 0 spiro atoms. The predicted octanol–water partition coefficient (Wildman–Crippen LogP) is 8.19. The zero-order chi connectivity index (χ0) is 21.1. The fourth-order valence-corrected chi connectivity index (χ4v) is 4.72. The van der Waals surface area contributed by atoms with Crippen LogP contribution in [0.1, 0.15) is 51.3 Å². The minimum atomic E-state index is -0.0114. The Hall–Kier alpha value is -3.06. The first-order valence-electron chi connectivity index (χ1n) is 10.8. The largest absolute Gasteiger partial charge is 0.356 e. The van der Waals surface area contributed by atoms with Gasteiger partial charge in [-0.1, -0.05) is 77.1 Å². The van der Waals surface area contributed by atoms with E-state index in [2.05, 4.69) is 119 Å². The highest BCUT2D eigenvalue weighted by molar-refractivity contribution is 5.94. The summed E-state index contributed by atoms with van der Waals surface area (Å²) in [7, 11) is 0. The normalized spacial score (nSPS) is 14.4. The van der Waals surface area contributed by atoms with Gasteiger partial charge in [-0.05, 0) is 80.4 Å². The molecule has 0 heterocycles. The molecule has 30 heavy (non-hydrogen) atoms. The summed E-state index contributed by atoms with van der Waals surface area (Å²) in [4.78, 5) is 0. The van der Waals surface area contributed by atoms with Crippen LogP contribution in [0.25, 0.3) is 21.9 Å². The minimum Gasteiger partial charge on any atom is -0.356 e. The van der Waals surface area contributed by atoms with Gasteiger partial charge in [-0.2, -0.15) is 0 Å². The van der Waals surface area contributed by atoms with Gasteiger partial charge >= 0.3 is 0 Å². The van der Waals surface area contributed by atoms with Crippen LogP contribution in [0.5, 0.6) is 0 Å². The molecule has 0 aromatic heterocycles. The summed E-state index contributed by atoms with van der Waals surface area (Å²) in [5.74, 6) is 0. The number of nitrogens with one attached hydrogen (secondary N) is 1. The minimum absolute atomic E-state index is 0.0114. The Kier molecular flexibility index (Phi) is 4.08. The molecule has 0 amide bonds. The van der Waals surface area contributed by atoms with E-state index >= 15 is 0 Å². The Bertz CT molecular complexity index is 1250. The van der Waals surface area contributed by atoms with Gasteiger partial charge in [0.25, 0.3) is 0 Å². The number of rotatable bonds is 2. The highest BCUT2D eigenvalue weighted by Gasteiger charge is 2.35. The lowest BCUT2D eigenvalue weighted by atomic mass is 9.81. The predicted molar refractivity (Wildman–Crippen MR) is 130 cm³/mol. The number of hydrogen-bond acceptors (Lipinski definition) is 1. The lowest BCUT2D eigenvalue weighted by Crippen LogP contribution is -2.15. The van der Waals surface area contributed by atoms with E-state index in [1.165, 1.54) is 38.6 Å². The lowest BCUT2D eigenvalue weighted by molar-refractivity contribution is 0.590. The summed E-state index contributed by atoms with van der Waals surface area (Å²) < 4.78 is 0. The Morgan fingerprint density at radius 2 is 1.23 bits per heavy atom. The molecule has 0 fully saturated rings. The first-order valence-corrected chi connectivity index (χ1v) is 10.8. The molecule has 1 N–H and O–H groups in total. The zero-order valence-electron chi connectivity index (χ0n) is 18.5. The zero-order valence-corrected chi connectivity index (χ0v) is 18.5. The number of benzene rings is 4. The molecule has 0 saturated heterocycles. The van der Waals surface area contributed by atoms with E-state index in [0.717, 1.165) is 11.4 Å². The maximum absolute atomic E-state index is 3.61. The Balaban J connectivity index is 1.52. The quantitative estimate of drug-likeness (QED) is 0.363. The molecule has 0 radical (unpaired) electrons. The SMILES string of the molecule is CC(C)(C)c1ccc(Nc2ccc3c(c2)C(C)(C)c2cc4ccccc4cc2-3)cc1. The van der Waals surface area contributed by atoms with Crippen LogP contribution in [0.3, 0.4) is 0 Å². The van der Waals surface area contributed by atoms with Gasteiger partial charge in [0.2, 0.25) is 0 Å². The lowest BCUT2D eigenvalue weighted by Gasteiger charge is -2.22. The highest BCUT2D eigenvalue weighted by Crippen LogP contribution is 2.50. The average Bonchev–Trinajstić information content (AvgIpc) is 2.93. The van der Waals surface area contributed by atoms with Crippen LogP contribution < -0.4 is 5.32 Å². The molecule has 1 heteroatoms. The van der Waals surface area contributed by atoms with Gasteiger partial charge < -0.3 is 5.32 Å². The van der Waals surface area contributed by atoms with Gasteiger partial charge in [-0.3, -0.25) is 0 Å². The second-order valence-corrected chi connectivity index (χ2v) is 10.1. The molecule has 0 saturated carbocycles. The van der Waals surface area contributed by atoms with Crippen LogP contribution in [-0.2, 0) is 10.8 Å². The van der Waals surface area contributed by atoms with Crippen molar-refractivity contribution in [2.45, 2.75) is 45.4 Å². The van der Waals surface area contributed by atoms with Crippen molar-refractivity contribution in [3.63, 3.8) is 0 Å². The standard InChI is InChI=1S/C29H29N/c1-28(2,3)21-10-12-22(13-11-21)30-23-14-15-24-25-16-19-8-6-7-9-20(19)17-26(25)29(4,5)27(24)18-23/h6-18,30H,1-5H3. The third-order valence-corrected chi connectivity index (χ3v) is 6.58. The molecule has 4 aromatic rings. The van der Waals surface area contributed by atoms with Crippen LogP contribution in [-0.4, -0.2) is 0 Å². The van der Waals surface area contributed by atoms with Crippen LogP contribution in [0.4, 0.5) is 11.4 Å². The number of fused-ring (bicyclic) bond motifs is 4. The highest BCUT2D eigenvalue weighted by atomic mass is 14.9. The van der Waals surface area contributed by atoms with E-state index < -0.39 is 0 Å². The van der Waals surface area contributed by atoms with Crippen molar-refractivity contribution in [1.29, 1.82) is 0 Å². The van der Waals surface area contributed by atoms with E-state index in [-0.39, 0.29) is 10.8 Å². The number of hydrogen-bond donors (Lipinski definition) is 1. The van der Waals surface area contributed by atoms with Gasteiger partial charge in [0.15, 0.2) is 0 Å². The molecule has 4 aromatic carbocycles. The molecule has 0 bridgehead atoms.